The Labute approximate surface area is 153 Å². The number of anilines is 2. The van der Waals surface area contributed by atoms with Gasteiger partial charge in [-0.05, 0) is 18.4 Å². The van der Waals surface area contributed by atoms with Crippen LogP contribution in [0, 0.1) is 0 Å². The summed E-state index contributed by atoms with van der Waals surface area (Å²) >= 11 is 0. The van der Waals surface area contributed by atoms with Gasteiger partial charge in [-0.25, -0.2) is 0 Å². The number of rotatable bonds is 4. The zero-order valence-corrected chi connectivity index (χ0v) is 15.2. The summed E-state index contributed by atoms with van der Waals surface area (Å²) in [7, 11) is 0. The molecule has 2 fully saturated rings. The number of H-pyrrole nitrogens is 1. The molecule has 0 amide bonds. The van der Waals surface area contributed by atoms with E-state index in [1.54, 1.807) is 6.07 Å². The molecular formula is C20H26N4O2. The van der Waals surface area contributed by atoms with E-state index in [9.17, 15) is 4.79 Å². The average molecular weight is 354 g/mol. The molecule has 2 atom stereocenters. The predicted octanol–water partition coefficient (Wildman–Crippen LogP) is 2.38. The first-order valence-electron chi connectivity index (χ1n) is 9.48. The first-order chi connectivity index (χ1) is 12.7. The molecule has 2 unspecified atom stereocenters. The van der Waals surface area contributed by atoms with Crippen LogP contribution in [0.2, 0.25) is 0 Å². The van der Waals surface area contributed by atoms with E-state index in [1.165, 1.54) is 5.56 Å². The molecule has 0 aliphatic carbocycles. The highest BCUT2D eigenvalue weighted by Crippen LogP contribution is 2.33. The molecule has 0 spiro atoms. The molecule has 2 aromatic rings. The molecule has 0 saturated carbocycles. The number of hydrogen-bond donors (Lipinski definition) is 1. The van der Waals surface area contributed by atoms with Crippen LogP contribution in [-0.4, -0.2) is 48.9 Å². The number of hydrogen-bond acceptors (Lipinski definition) is 5. The van der Waals surface area contributed by atoms with E-state index in [0.29, 0.717) is 31.1 Å². The van der Waals surface area contributed by atoms with Crippen LogP contribution in [0.4, 0.5) is 11.8 Å². The van der Waals surface area contributed by atoms with Crippen LogP contribution in [0.3, 0.4) is 0 Å². The second kappa shape index (κ2) is 7.50. The average Bonchev–Trinajstić information content (AvgIpc) is 3.18. The summed E-state index contributed by atoms with van der Waals surface area (Å²) < 4.78 is 5.41. The van der Waals surface area contributed by atoms with Gasteiger partial charge < -0.3 is 14.5 Å². The second-order valence-electron chi connectivity index (χ2n) is 7.13. The molecule has 1 aromatic heterocycles. The molecule has 2 aliphatic heterocycles. The van der Waals surface area contributed by atoms with Gasteiger partial charge >= 0.3 is 0 Å². The highest BCUT2D eigenvalue weighted by Gasteiger charge is 2.32. The van der Waals surface area contributed by atoms with Gasteiger partial charge in [0.15, 0.2) is 0 Å². The Kier molecular flexibility index (Phi) is 4.93. The van der Waals surface area contributed by atoms with Crippen LogP contribution in [0.25, 0.3) is 0 Å². The highest BCUT2D eigenvalue weighted by atomic mass is 16.5. The van der Waals surface area contributed by atoms with E-state index < -0.39 is 0 Å². The lowest BCUT2D eigenvalue weighted by atomic mass is 9.92. The van der Waals surface area contributed by atoms with Gasteiger partial charge in [0.2, 0.25) is 5.95 Å². The van der Waals surface area contributed by atoms with Crippen molar-refractivity contribution in [1.82, 2.24) is 9.97 Å². The largest absolute Gasteiger partial charge is 0.378 e. The van der Waals surface area contributed by atoms with E-state index in [2.05, 4.69) is 46.0 Å². The lowest BCUT2D eigenvalue weighted by Gasteiger charge is -2.32. The number of nitrogens with zero attached hydrogens (tertiary/aromatic N) is 3. The molecule has 2 saturated heterocycles. The van der Waals surface area contributed by atoms with E-state index in [4.69, 9.17) is 9.72 Å². The Balaban J connectivity index is 1.61. The Bertz CT molecular complexity index is 786. The Morgan fingerprint density at radius 3 is 2.73 bits per heavy atom. The molecule has 6 nitrogen and oxygen atoms in total. The second-order valence-corrected chi connectivity index (χ2v) is 7.13. The maximum atomic E-state index is 12.3. The Morgan fingerprint density at radius 2 is 1.96 bits per heavy atom. The molecule has 6 heteroatoms. The Morgan fingerprint density at radius 1 is 1.19 bits per heavy atom. The number of aromatic nitrogens is 2. The lowest BCUT2D eigenvalue weighted by Crippen LogP contribution is -2.39. The van der Waals surface area contributed by atoms with Crippen LogP contribution >= 0.6 is 0 Å². The van der Waals surface area contributed by atoms with E-state index in [-0.39, 0.29) is 5.56 Å². The molecule has 2 aliphatic rings. The SMILES string of the molecule is CC(c1ccccc1)C1CCCN1c1nc(N2CCOCC2)cc(=O)[nH]1. The Hall–Kier alpha value is -2.34. The van der Waals surface area contributed by atoms with Crippen molar-refractivity contribution < 1.29 is 4.74 Å². The number of nitrogens with one attached hydrogen (secondary N) is 1. The number of morpholine rings is 1. The van der Waals surface area contributed by atoms with Crippen LogP contribution in [-0.2, 0) is 4.74 Å². The summed E-state index contributed by atoms with van der Waals surface area (Å²) in [5.74, 6) is 1.84. The molecule has 138 valence electrons. The molecule has 3 heterocycles. The summed E-state index contributed by atoms with van der Waals surface area (Å²) in [6.45, 7) is 6.11. The minimum atomic E-state index is -0.0884. The summed E-state index contributed by atoms with van der Waals surface area (Å²) in [5.41, 5.74) is 1.24. The quantitative estimate of drug-likeness (QED) is 0.913. The van der Waals surface area contributed by atoms with Crippen LogP contribution in [0.1, 0.15) is 31.2 Å². The molecule has 0 bridgehead atoms. The fourth-order valence-corrected chi connectivity index (χ4v) is 4.08. The summed E-state index contributed by atoms with van der Waals surface area (Å²) in [6, 6.07) is 12.5. The maximum absolute atomic E-state index is 12.3. The lowest BCUT2D eigenvalue weighted by molar-refractivity contribution is 0.122. The monoisotopic (exact) mass is 354 g/mol. The summed E-state index contributed by atoms with van der Waals surface area (Å²) in [4.78, 5) is 24.5. The van der Waals surface area contributed by atoms with Gasteiger partial charge in [-0.3, -0.25) is 9.78 Å². The smallest absolute Gasteiger partial charge is 0.254 e. The first-order valence-corrected chi connectivity index (χ1v) is 9.48. The zero-order valence-electron chi connectivity index (χ0n) is 15.2. The molecular weight excluding hydrogens is 328 g/mol. The van der Waals surface area contributed by atoms with E-state index in [0.717, 1.165) is 38.3 Å². The normalized spacial score (nSPS) is 21.8. The van der Waals surface area contributed by atoms with Gasteiger partial charge in [-0.15, -0.1) is 0 Å². The molecule has 26 heavy (non-hydrogen) atoms. The van der Waals surface area contributed by atoms with Crippen molar-refractivity contribution in [2.45, 2.75) is 31.7 Å². The topological polar surface area (TPSA) is 61.5 Å². The van der Waals surface area contributed by atoms with Crippen LogP contribution in [0.15, 0.2) is 41.2 Å². The third-order valence-electron chi connectivity index (χ3n) is 5.52. The minimum Gasteiger partial charge on any atom is -0.378 e. The molecule has 0 radical (unpaired) electrons. The van der Waals surface area contributed by atoms with Gasteiger partial charge in [-0.1, -0.05) is 37.3 Å². The highest BCUT2D eigenvalue weighted by molar-refractivity contribution is 5.46. The van der Waals surface area contributed by atoms with Gasteiger partial charge in [0.05, 0.1) is 13.2 Å². The van der Waals surface area contributed by atoms with Crippen molar-refractivity contribution >= 4 is 11.8 Å². The predicted molar refractivity (Wildman–Crippen MR) is 103 cm³/mol. The van der Waals surface area contributed by atoms with Crippen LogP contribution < -0.4 is 15.4 Å². The zero-order chi connectivity index (χ0) is 17.9. The fourth-order valence-electron chi connectivity index (χ4n) is 4.08. The molecule has 1 aromatic carbocycles. The number of ether oxygens (including phenoxy) is 1. The fraction of sp³-hybridized carbons (Fsp3) is 0.500. The maximum Gasteiger partial charge on any atom is 0.254 e. The summed E-state index contributed by atoms with van der Waals surface area (Å²) in [6.07, 6.45) is 2.23. The first kappa shape index (κ1) is 17.1. The number of benzene rings is 1. The van der Waals surface area contributed by atoms with Crippen molar-refractivity contribution in [1.29, 1.82) is 0 Å². The standard InChI is InChI=1S/C20H26N4O2/c1-15(16-6-3-2-4-7-16)17-8-5-9-24(17)20-21-18(14-19(25)22-20)23-10-12-26-13-11-23/h2-4,6-7,14-15,17H,5,8-13H2,1H3,(H,21,22,25). The van der Waals surface area contributed by atoms with Gasteiger partial charge in [-0.2, -0.15) is 4.98 Å². The van der Waals surface area contributed by atoms with Gasteiger partial charge in [0, 0.05) is 37.7 Å². The van der Waals surface area contributed by atoms with Crippen LogP contribution in [0.5, 0.6) is 0 Å². The molecule has 4 rings (SSSR count). The summed E-state index contributed by atoms with van der Waals surface area (Å²) in [5, 5.41) is 0. The van der Waals surface area contributed by atoms with Crippen molar-refractivity contribution in [3.05, 3.63) is 52.3 Å². The van der Waals surface area contributed by atoms with E-state index in [1.807, 2.05) is 6.07 Å². The van der Waals surface area contributed by atoms with E-state index >= 15 is 0 Å². The van der Waals surface area contributed by atoms with Gasteiger partial charge in [0.1, 0.15) is 5.82 Å². The number of aromatic amines is 1. The third-order valence-corrected chi connectivity index (χ3v) is 5.52. The molecule has 1 N–H and O–H groups in total. The van der Waals surface area contributed by atoms with Crippen molar-refractivity contribution in [2.75, 3.05) is 42.6 Å². The van der Waals surface area contributed by atoms with Crippen molar-refractivity contribution in [3.63, 3.8) is 0 Å². The van der Waals surface area contributed by atoms with Crippen molar-refractivity contribution in [2.24, 2.45) is 0 Å². The minimum absolute atomic E-state index is 0.0884. The third kappa shape index (κ3) is 3.46. The van der Waals surface area contributed by atoms with Gasteiger partial charge in [0.25, 0.3) is 5.56 Å². The van der Waals surface area contributed by atoms with Crippen molar-refractivity contribution in [3.8, 4) is 0 Å².